The van der Waals surface area contributed by atoms with E-state index in [0.717, 1.165) is 0 Å². The second kappa shape index (κ2) is 6.93. The van der Waals surface area contributed by atoms with Crippen LogP contribution in [0.5, 0.6) is 0 Å². The van der Waals surface area contributed by atoms with Crippen LogP contribution in [0.2, 0.25) is 0 Å². The molecule has 0 saturated carbocycles. The molecule has 0 unspecified atom stereocenters. The van der Waals surface area contributed by atoms with Crippen LogP contribution in [0.25, 0.3) is 0 Å². The largest absolute Gasteiger partial charge is 0.394 e. The summed E-state index contributed by atoms with van der Waals surface area (Å²) in [7, 11) is 0. The molecule has 0 radical (unpaired) electrons. The maximum Gasteiger partial charge on any atom is 0.221 e. The van der Waals surface area contributed by atoms with Crippen molar-refractivity contribution >= 4 is 5.91 Å². The Morgan fingerprint density at radius 3 is 2.06 bits per heavy atom. The van der Waals surface area contributed by atoms with Gasteiger partial charge in [-0.25, -0.2) is 0 Å². The molecule has 4 N–H and O–H groups in total. The lowest BCUT2D eigenvalue weighted by Gasteiger charge is -2.30. The molecule has 0 saturated heterocycles. The summed E-state index contributed by atoms with van der Waals surface area (Å²) in [5.41, 5.74) is -0.908. The molecule has 0 aliphatic rings. The van der Waals surface area contributed by atoms with E-state index in [4.69, 9.17) is 0 Å². The molecule has 0 bridgehead atoms. The summed E-state index contributed by atoms with van der Waals surface area (Å²) >= 11 is 0. The topological polar surface area (TPSA) is 81.6 Å². The van der Waals surface area contributed by atoms with Crippen molar-refractivity contribution < 1.29 is 15.0 Å². The van der Waals surface area contributed by atoms with Gasteiger partial charge in [-0.15, -0.1) is 0 Å². The van der Waals surface area contributed by atoms with Gasteiger partial charge in [0.05, 0.1) is 18.8 Å². The molecule has 5 heteroatoms. The van der Waals surface area contributed by atoms with E-state index in [0.29, 0.717) is 19.4 Å². The van der Waals surface area contributed by atoms with Gasteiger partial charge in [0.2, 0.25) is 5.91 Å². The Balaban J connectivity index is 4.08. The van der Waals surface area contributed by atoms with Crippen LogP contribution in [-0.4, -0.2) is 47.0 Å². The third-order valence-corrected chi connectivity index (χ3v) is 2.69. The second-order valence-electron chi connectivity index (χ2n) is 5.43. The monoisotopic (exact) mass is 246 g/mol. The van der Waals surface area contributed by atoms with E-state index in [1.54, 1.807) is 0 Å². The summed E-state index contributed by atoms with van der Waals surface area (Å²) in [5, 5.41) is 24.3. The number of carbonyl (C=O) groups is 1. The van der Waals surface area contributed by atoms with Gasteiger partial charge in [-0.05, 0) is 27.2 Å². The summed E-state index contributed by atoms with van der Waals surface area (Å²) < 4.78 is 0. The molecule has 0 heterocycles. The first-order valence-electron chi connectivity index (χ1n) is 6.06. The zero-order chi connectivity index (χ0) is 13.5. The fraction of sp³-hybridized carbons (Fsp3) is 0.917. The lowest BCUT2D eigenvalue weighted by molar-refractivity contribution is -0.124. The van der Waals surface area contributed by atoms with E-state index >= 15 is 0 Å². The van der Waals surface area contributed by atoms with E-state index in [1.165, 1.54) is 0 Å². The van der Waals surface area contributed by atoms with Gasteiger partial charge in [-0.3, -0.25) is 4.79 Å². The fourth-order valence-corrected chi connectivity index (χ4v) is 1.35. The smallest absolute Gasteiger partial charge is 0.221 e. The van der Waals surface area contributed by atoms with Crippen LogP contribution in [0.3, 0.4) is 0 Å². The van der Waals surface area contributed by atoms with Crippen molar-refractivity contribution in [3.8, 4) is 0 Å². The van der Waals surface area contributed by atoms with Gasteiger partial charge in [-0.1, -0.05) is 6.92 Å². The summed E-state index contributed by atoms with van der Waals surface area (Å²) in [6.07, 6.45) is 0.831. The number of hydrogen-bond donors (Lipinski definition) is 4. The van der Waals surface area contributed by atoms with Gasteiger partial charge in [-0.2, -0.15) is 0 Å². The van der Waals surface area contributed by atoms with Crippen molar-refractivity contribution in [2.24, 2.45) is 0 Å². The van der Waals surface area contributed by atoms with E-state index in [-0.39, 0.29) is 24.7 Å². The van der Waals surface area contributed by atoms with E-state index in [9.17, 15) is 15.0 Å². The molecule has 0 aromatic heterocycles. The first kappa shape index (κ1) is 16.4. The third kappa shape index (κ3) is 6.61. The predicted octanol–water partition coefficient (Wildman–Crippen LogP) is 0.0142. The van der Waals surface area contributed by atoms with Crippen molar-refractivity contribution in [1.82, 2.24) is 10.6 Å². The Hall–Kier alpha value is -0.650. The lowest BCUT2D eigenvalue weighted by Crippen LogP contribution is -2.54. The highest BCUT2D eigenvalue weighted by atomic mass is 16.3. The van der Waals surface area contributed by atoms with Crippen LogP contribution in [0.4, 0.5) is 0 Å². The predicted molar refractivity (Wildman–Crippen MR) is 67.7 cm³/mol. The Morgan fingerprint density at radius 1 is 1.18 bits per heavy atom. The summed E-state index contributed by atoms with van der Waals surface area (Å²) in [5.74, 6) is -0.160. The molecule has 0 aromatic rings. The first-order chi connectivity index (χ1) is 7.78. The molecule has 0 rings (SSSR count). The molecule has 102 valence electrons. The van der Waals surface area contributed by atoms with Crippen molar-refractivity contribution in [1.29, 1.82) is 0 Å². The number of amides is 1. The third-order valence-electron chi connectivity index (χ3n) is 2.69. The van der Waals surface area contributed by atoms with Crippen molar-refractivity contribution in [2.75, 3.05) is 19.8 Å². The van der Waals surface area contributed by atoms with Gasteiger partial charge in [0.1, 0.15) is 0 Å². The molecule has 0 atom stereocenters. The normalized spacial score (nSPS) is 12.6. The molecule has 1 amide bonds. The lowest BCUT2D eigenvalue weighted by atomic mass is 9.98. The summed E-state index contributed by atoms with van der Waals surface area (Å²) in [4.78, 5) is 11.6. The van der Waals surface area contributed by atoms with Gasteiger partial charge in [0.25, 0.3) is 0 Å². The maximum absolute atomic E-state index is 11.6. The molecule has 0 aliphatic heterocycles. The molecular formula is C12H26N2O3. The highest BCUT2D eigenvalue weighted by Crippen LogP contribution is 2.08. The zero-order valence-corrected chi connectivity index (χ0v) is 11.3. The van der Waals surface area contributed by atoms with Crippen LogP contribution in [0.15, 0.2) is 0 Å². The maximum atomic E-state index is 11.6. The SMILES string of the molecule is CCC(CO)(CO)NC(=O)CCNC(C)(C)C. The Morgan fingerprint density at radius 2 is 1.71 bits per heavy atom. The number of carbonyl (C=O) groups excluding carboxylic acids is 1. The average Bonchev–Trinajstić information content (AvgIpc) is 2.24. The highest BCUT2D eigenvalue weighted by molar-refractivity contribution is 5.77. The van der Waals surface area contributed by atoms with Gasteiger partial charge >= 0.3 is 0 Å². The Kier molecular flexibility index (Phi) is 6.67. The molecule has 0 fully saturated rings. The minimum Gasteiger partial charge on any atom is -0.394 e. The molecule has 0 aliphatic carbocycles. The molecule has 17 heavy (non-hydrogen) atoms. The average molecular weight is 246 g/mol. The van der Waals surface area contributed by atoms with Crippen LogP contribution in [-0.2, 0) is 4.79 Å². The van der Waals surface area contributed by atoms with Gasteiger partial charge in [0, 0.05) is 18.5 Å². The van der Waals surface area contributed by atoms with Gasteiger partial charge in [0.15, 0.2) is 0 Å². The minimum atomic E-state index is -0.890. The van der Waals surface area contributed by atoms with Crippen molar-refractivity contribution in [3.63, 3.8) is 0 Å². The van der Waals surface area contributed by atoms with Gasteiger partial charge < -0.3 is 20.8 Å². The quantitative estimate of drug-likeness (QED) is 0.510. The van der Waals surface area contributed by atoms with Crippen molar-refractivity contribution in [3.05, 3.63) is 0 Å². The van der Waals surface area contributed by atoms with Crippen LogP contribution >= 0.6 is 0 Å². The highest BCUT2D eigenvalue weighted by Gasteiger charge is 2.28. The minimum absolute atomic E-state index is 0.0178. The summed E-state index contributed by atoms with van der Waals surface area (Å²) in [6.45, 7) is 7.98. The number of hydrogen-bond acceptors (Lipinski definition) is 4. The zero-order valence-electron chi connectivity index (χ0n) is 11.3. The standard InChI is InChI=1S/C12H26N2O3/c1-5-12(8-15,9-16)14-10(17)6-7-13-11(2,3)4/h13,15-16H,5-9H2,1-4H3,(H,14,17). The van der Waals surface area contributed by atoms with Crippen LogP contribution in [0.1, 0.15) is 40.5 Å². The van der Waals surface area contributed by atoms with E-state index < -0.39 is 5.54 Å². The van der Waals surface area contributed by atoms with Crippen molar-refractivity contribution in [2.45, 2.75) is 51.6 Å². The first-order valence-corrected chi connectivity index (χ1v) is 6.06. The Labute approximate surface area is 104 Å². The van der Waals surface area contributed by atoms with E-state index in [2.05, 4.69) is 10.6 Å². The summed E-state index contributed by atoms with van der Waals surface area (Å²) in [6, 6.07) is 0. The number of nitrogens with one attached hydrogen (secondary N) is 2. The van der Waals surface area contributed by atoms with Crippen LogP contribution in [0, 0.1) is 0 Å². The number of rotatable bonds is 7. The molecule has 5 nitrogen and oxygen atoms in total. The van der Waals surface area contributed by atoms with E-state index in [1.807, 2.05) is 27.7 Å². The second-order valence-corrected chi connectivity index (χ2v) is 5.43. The van der Waals surface area contributed by atoms with Crippen LogP contribution < -0.4 is 10.6 Å². The number of aliphatic hydroxyl groups is 2. The molecular weight excluding hydrogens is 220 g/mol. The molecule has 0 spiro atoms. The Bertz CT molecular complexity index is 224. The molecule has 0 aromatic carbocycles. The fourth-order valence-electron chi connectivity index (χ4n) is 1.35. The number of aliphatic hydroxyl groups excluding tert-OH is 2.